The van der Waals surface area contributed by atoms with Gasteiger partial charge in [-0.1, -0.05) is 97.8 Å². The predicted molar refractivity (Wildman–Crippen MR) is 130 cm³/mol. The minimum Gasteiger partial charge on any atom is -0.457 e. The second kappa shape index (κ2) is 8.81. The Balaban J connectivity index is 1.46. The maximum atomic E-state index is 5.99. The van der Waals surface area contributed by atoms with Gasteiger partial charge in [-0.15, -0.1) is 0 Å². The average molecular weight is 407 g/mol. The van der Waals surface area contributed by atoms with Gasteiger partial charge in [0.05, 0.1) is 0 Å². The van der Waals surface area contributed by atoms with Crippen molar-refractivity contribution in [1.82, 2.24) is 0 Å². The van der Waals surface area contributed by atoms with E-state index in [2.05, 4.69) is 113 Å². The molecule has 0 unspecified atom stereocenters. The quantitative estimate of drug-likeness (QED) is 0.315. The largest absolute Gasteiger partial charge is 0.457 e. The van der Waals surface area contributed by atoms with Crippen LogP contribution in [0.25, 0.3) is 0 Å². The van der Waals surface area contributed by atoms with Crippen molar-refractivity contribution >= 4 is 0 Å². The highest BCUT2D eigenvalue weighted by Gasteiger charge is 2.23. The summed E-state index contributed by atoms with van der Waals surface area (Å²) in [6, 6.07) is 34.4. The zero-order valence-corrected chi connectivity index (χ0v) is 18.9. The van der Waals surface area contributed by atoms with Crippen LogP contribution in [-0.2, 0) is 11.8 Å². The molecule has 0 saturated heterocycles. The molecule has 0 bridgehead atoms. The van der Waals surface area contributed by atoms with Crippen molar-refractivity contribution in [1.29, 1.82) is 0 Å². The lowest BCUT2D eigenvalue weighted by molar-refractivity contribution is 0.481. The standard InChI is InChI=1S/C30H30O/c1-22-5-9-24(10-6-22)21-25-11-13-26(14-12-25)30(3,4)27-15-19-29(20-16-27)31-28-17-7-23(2)8-18-28/h5-20H,21H2,1-4H3. The first-order valence-corrected chi connectivity index (χ1v) is 10.9. The summed E-state index contributed by atoms with van der Waals surface area (Å²) >= 11 is 0. The van der Waals surface area contributed by atoms with E-state index in [1.54, 1.807) is 0 Å². The summed E-state index contributed by atoms with van der Waals surface area (Å²) in [6.45, 7) is 8.76. The molecule has 0 spiro atoms. The zero-order chi connectivity index (χ0) is 21.8. The number of benzene rings is 4. The van der Waals surface area contributed by atoms with Crippen LogP contribution in [-0.4, -0.2) is 0 Å². The van der Waals surface area contributed by atoms with E-state index in [4.69, 9.17) is 4.74 Å². The van der Waals surface area contributed by atoms with Gasteiger partial charge in [0.25, 0.3) is 0 Å². The highest BCUT2D eigenvalue weighted by atomic mass is 16.5. The topological polar surface area (TPSA) is 9.23 Å². The molecule has 0 aliphatic carbocycles. The summed E-state index contributed by atoms with van der Waals surface area (Å²) < 4.78 is 5.99. The molecule has 4 aromatic carbocycles. The number of rotatable bonds is 6. The van der Waals surface area contributed by atoms with Crippen molar-refractivity contribution in [3.05, 3.63) is 130 Å². The molecule has 0 radical (unpaired) electrons. The van der Waals surface area contributed by atoms with E-state index in [0.29, 0.717) is 0 Å². The van der Waals surface area contributed by atoms with E-state index < -0.39 is 0 Å². The van der Waals surface area contributed by atoms with Gasteiger partial charge in [0, 0.05) is 5.41 Å². The molecule has 0 aliphatic heterocycles. The molecule has 156 valence electrons. The van der Waals surface area contributed by atoms with Crippen LogP contribution in [0.2, 0.25) is 0 Å². The van der Waals surface area contributed by atoms with Gasteiger partial charge in [-0.25, -0.2) is 0 Å². The monoisotopic (exact) mass is 406 g/mol. The second-order valence-corrected chi connectivity index (χ2v) is 8.92. The van der Waals surface area contributed by atoms with Crippen LogP contribution in [0.5, 0.6) is 11.5 Å². The molecule has 0 fully saturated rings. The molecular formula is C30H30O. The molecule has 0 amide bonds. The Bertz CT molecular complexity index is 1020. The van der Waals surface area contributed by atoms with Gasteiger partial charge in [0.1, 0.15) is 11.5 Å². The van der Waals surface area contributed by atoms with Gasteiger partial charge in [-0.2, -0.15) is 0 Å². The third kappa shape index (κ3) is 5.06. The van der Waals surface area contributed by atoms with Crippen LogP contribution < -0.4 is 4.74 Å². The Morgan fingerprint density at radius 1 is 0.516 bits per heavy atom. The minimum absolute atomic E-state index is 0.0786. The minimum atomic E-state index is -0.0786. The van der Waals surface area contributed by atoms with E-state index in [9.17, 15) is 0 Å². The van der Waals surface area contributed by atoms with Crippen LogP contribution in [0.1, 0.15) is 47.2 Å². The van der Waals surface area contributed by atoms with E-state index in [0.717, 1.165) is 17.9 Å². The van der Waals surface area contributed by atoms with Crippen LogP contribution in [0, 0.1) is 13.8 Å². The first-order valence-electron chi connectivity index (χ1n) is 10.9. The molecule has 0 N–H and O–H groups in total. The van der Waals surface area contributed by atoms with Crippen molar-refractivity contribution in [2.45, 2.75) is 39.5 Å². The molecule has 0 saturated carbocycles. The summed E-state index contributed by atoms with van der Waals surface area (Å²) in [4.78, 5) is 0. The van der Waals surface area contributed by atoms with E-state index in [1.165, 1.54) is 33.4 Å². The zero-order valence-electron chi connectivity index (χ0n) is 18.9. The molecule has 1 nitrogen and oxygen atoms in total. The first-order chi connectivity index (χ1) is 14.9. The molecule has 1 heteroatoms. The third-order valence-corrected chi connectivity index (χ3v) is 6.04. The van der Waals surface area contributed by atoms with Crippen molar-refractivity contribution in [2.75, 3.05) is 0 Å². The molecule has 0 atom stereocenters. The van der Waals surface area contributed by atoms with Crippen molar-refractivity contribution in [2.24, 2.45) is 0 Å². The fourth-order valence-electron chi connectivity index (χ4n) is 3.83. The molecule has 0 heterocycles. The maximum absolute atomic E-state index is 5.99. The number of ether oxygens (including phenoxy) is 1. The second-order valence-electron chi connectivity index (χ2n) is 8.92. The SMILES string of the molecule is Cc1ccc(Cc2ccc(C(C)(C)c3ccc(Oc4ccc(C)cc4)cc3)cc2)cc1. The van der Waals surface area contributed by atoms with Gasteiger partial charge in [-0.05, 0) is 66.8 Å². The highest BCUT2D eigenvalue weighted by Crippen LogP contribution is 2.33. The Morgan fingerprint density at radius 2 is 0.871 bits per heavy atom. The predicted octanol–water partition coefficient (Wildman–Crippen LogP) is 8.01. The lowest BCUT2D eigenvalue weighted by Gasteiger charge is -2.26. The normalized spacial score (nSPS) is 11.4. The number of hydrogen-bond acceptors (Lipinski definition) is 1. The Hall–Kier alpha value is -3.32. The molecule has 0 aliphatic rings. The van der Waals surface area contributed by atoms with E-state index >= 15 is 0 Å². The summed E-state index contributed by atoms with van der Waals surface area (Å²) in [5.41, 5.74) is 7.73. The van der Waals surface area contributed by atoms with Gasteiger partial charge < -0.3 is 4.74 Å². The summed E-state index contributed by atoms with van der Waals surface area (Å²) in [7, 11) is 0. The van der Waals surface area contributed by atoms with Crippen LogP contribution in [0.3, 0.4) is 0 Å². The molecule has 31 heavy (non-hydrogen) atoms. The van der Waals surface area contributed by atoms with Crippen molar-refractivity contribution in [3.8, 4) is 11.5 Å². The fraction of sp³-hybridized carbons (Fsp3) is 0.200. The van der Waals surface area contributed by atoms with E-state index in [-0.39, 0.29) is 5.41 Å². The Morgan fingerprint density at radius 3 is 1.35 bits per heavy atom. The fourth-order valence-corrected chi connectivity index (χ4v) is 3.83. The average Bonchev–Trinajstić information content (AvgIpc) is 2.78. The number of aryl methyl sites for hydroxylation is 2. The third-order valence-electron chi connectivity index (χ3n) is 6.04. The summed E-state index contributed by atoms with van der Waals surface area (Å²) in [5.74, 6) is 1.72. The Kier molecular flexibility index (Phi) is 5.95. The van der Waals surface area contributed by atoms with Gasteiger partial charge in [0.15, 0.2) is 0 Å². The van der Waals surface area contributed by atoms with Gasteiger partial charge >= 0.3 is 0 Å². The lowest BCUT2D eigenvalue weighted by Crippen LogP contribution is -2.18. The smallest absolute Gasteiger partial charge is 0.127 e. The van der Waals surface area contributed by atoms with Crippen molar-refractivity contribution < 1.29 is 4.74 Å². The van der Waals surface area contributed by atoms with Crippen LogP contribution in [0.4, 0.5) is 0 Å². The lowest BCUT2D eigenvalue weighted by atomic mass is 9.78. The van der Waals surface area contributed by atoms with Gasteiger partial charge in [-0.3, -0.25) is 0 Å². The maximum Gasteiger partial charge on any atom is 0.127 e. The van der Waals surface area contributed by atoms with Crippen LogP contribution in [0.15, 0.2) is 97.1 Å². The van der Waals surface area contributed by atoms with Gasteiger partial charge in [0.2, 0.25) is 0 Å². The summed E-state index contributed by atoms with van der Waals surface area (Å²) in [6.07, 6.45) is 0.964. The van der Waals surface area contributed by atoms with Crippen LogP contribution >= 0.6 is 0 Å². The van der Waals surface area contributed by atoms with E-state index in [1.807, 2.05) is 12.1 Å². The molecular weight excluding hydrogens is 376 g/mol. The highest BCUT2D eigenvalue weighted by molar-refractivity contribution is 5.42. The number of hydrogen-bond donors (Lipinski definition) is 0. The summed E-state index contributed by atoms with van der Waals surface area (Å²) in [5, 5.41) is 0. The van der Waals surface area contributed by atoms with Crippen molar-refractivity contribution in [3.63, 3.8) is 0 Å². The Labute approximate surface area is 186 Å². The molecule has 4 rings (SSSR count). The first kappa shape index (κ1) is 20.9. The molecule has 4 aromatic rings. The molecule has 0 aromatic heterocycles.